The average Bonchev–Trinajstić information content (AvgIpc) is 2.27. The largest absolute Gasteiger partial charge is 0.323 e. The van der Waals surface area contributed by atoms with Crippen LogP contribution in [-0.4, -0.2) is 48.7 Å². The van der Waals surface area contributed by atoms with Crippen LogP contribution in [0.15, 0.2) is 0 Å². The lowest BCUT2D eigenvalue weighted by molar-refractivity contribution is 0.135. The first kappa shape index (κ1) is 13.3. The molecular weight excluding hydrogens is 238 g/mol. The number of nitrogens with two attached hydrogens (primary N) is 1. The van der Waals surface area contributed by atoms with E-state index in [9.17, 15) is 8.42 Å². The third kappa shape index (κ3) is 2.65. The van der Waals surface area contributed by atoms with Gasteiger partial charge < -0.3 is 5.73 Å². The van der Waals surface area contributed by atoms with E-state index in [1.54, 1.807) is 4.31 Å². The summed E-state index contributed by atoms with van der Waals surface area (Å²) in [4.78, 5) is 0. The fourth-order valence-corrected chi connectivity index (χ4v) is 4.62. The quantitative estimate of drug-likeness (QED) is 0.803. The molecule has 2 rings (SSSR count). The molecule has 0 aromatic heterocycles. The Morgan fingerprint density at radius 3 is 2.24 bits per heavy atom. The maximum atomic E-state index is 12.3. The summed E-state index contributed by atoms with van der Waals surface area (Å²) in [6.45, 7) is 4.39. The van der Waals surface area contributed by atoms with Crippen LogP contribution >= 0.6 is 0 Å². The van der Waals surface area contributed by atoms with Crippen molar-refractivity contribution in [1.29, 1.82) is 0 Å². The summed E-state index contributed by atoms with van der Waals surface area (Å²) in [6, 6.07) is 0. The van der Waals surface area contributed by atoms with Gasteiger partial charge in [0.05, 0.1) is 0 Å². The van der Waals surface area contributed by atoms with E-state index >= 15 is 0 Å². The molecule has 0 atom stereocenters. The lowest BCUT2D eigenvalue weighted by Gasteiger charge is -2.48. The highest BCUT2D eigenvalue weighted by Crippen LogP contribution is 2.28. The van der Waals surface area contributed by atoms with Gasteiger partial charge in [-0.05, 0) is 19.3 Å². The molecular formula is C11H23N3O2S. The van der Waals surface area contributed by atoms with Gasteiger partial charge in [0.1, 0.15) is 0 Å². The smallest absolute Gasteiger partial charge is 0.282 e. The van der Waals surface area contributed by atoms with Crippen LogP contribution in [0.25, 0.3) is 0 Å². The molecule has 0 aromatic carbocycles. The predicted molar refractivity (Wildman–Crippen MR) is 67.7 cm³/mol. The third-order valence-corrected chi connectivity index (χ3v) is 5.63. The molecule has 0 spiro atoms. The van der Waals surface area contributed by atoms with E-state index in [2.05, 4.69) is 6.92 Å². The molecule has 2 heterocycles. The summed E-state index contributed by atoms with van der Waals surface area (Å²) < 4.78 is 27.7. The number of nitrogens with zero attached hydrogens (tertiary/aromatic N) is 2. The van der Waals surface area contributed by atoms with Crippen molar-refractivity contribution in [1.82, 2.24) is 8.61 Å². The number of rotatable bonds is 4. The summed E-state index contributed by atoms with van der Waals surface area (Å²) >= 11 is 0. The zero-order valence-electron chi connectivity index (χ0n) is 10.6. The normalized spacial score (nSPS) is 26.7. The van der Waals surface area contributed by atoms with Gasteiger partial charge in [-0.2, -0.15) is 17.0 Å². The Bertz CT molecular complexity index is 357. The molecule has 100 valence electrons. The van der Waals surface area contributed by atoms with Crippen molar-refractivity contribution in [2.45, 2.75) is 44.6 Å². The Kier molecular flexibility index (Phi) is 3.77. The van der Waals surface area contributed by atoms with Gasteiger partial charge >= 0.3 is 0 Å². The summed E-state index contributed by atoms with van der Waals surface area (Å²) in [6.07, 6.45) is 5.02. The van der Waals surface area contributed by atoms with Gasteiger partial charge in [0.15, 0.2) is 0 Å². The van der Waals surface area contributed by atoms with E-state index in [1.165, 1.54) is 4.31 Å². The van der Waals surface area contributed by atoms with Gasteiger partial charge in [-0.1, -0.05) is 19.8 Å². The second-order valence-corrected chi connectivity index (χ2v) is 7.28. The number of hydrogen-bond donors (Lipinski definition) is 1. The van der Waals surface area contributed by atoms with Crippen LogP contribution in [0.3, 0.4) is 0 Å². The van der Waals surface area contributed by atoms with Gasteiger partial charge in [-0.25, -0.2) is 0 Å². The Hall–Kier alpha value is -0.170. The van der Waals surface area contributed by atoms with Crippen molar-refractivity contribution in [3.63, 3.8) is 0 Å². The fourth-order valence-electron chi connectivity index (χ4n) is 2.73. The Morgan fingerprint density at radius 2 is 1.71 bits per heavy atom. The number of hydrogen-bond acceptors (Lipinski definition) is 3. The van der Waals surface area contributed by atoms with Crippen molar-refractivity contribution in [3.05, 3.63) is 0 Å². The molecule has 0 aliphatic carbocycles. The molecule has 0 amide bonds. The summed E-state index contributed by atoms with van der Waals surface area (Å²) in [5.74, 6) is 0. The van der Waals surface area contributed by atoms with Crippen LogP contribution in [0.5, 0.6) is 0 Å². The van der Waals surface area contributed by atoms with Crippen molar-refractivity contribution in [2.24, 2.45) is 5.73 Å². The van der Waals surface area contributed by atoms with Gasteiger partial charge in [0.2, 0.25) is 0 Å². The standard InChI is InChI=1S/C11H23N3O2S/c1-2-6-11(12)9-14(10-11)17(15,16)13-7-4-3-5-8-13/h2-10,12H2,1H3. The zero-order valence-corrected chi connectivity index (χ0v) is 11.4. The first-order valence-corrected chi connectivity index (χ1v) is 7.92. The highest BCUT2D eigenvalue weighted by molar-refractivity contribution is 7.86. The predicted octanol–water partition coefficient (Wildman–Crippen LogP) is 0.530. The zero-order chi connectivity index (χ0) is 12.5. The van der Waals surface area contributed by atoms with Crippen LogP contribution in [0.2, 0.25) is 0 Å². The Labute approximate surface area is 104 Å². The van der Waals surface area contributed by atoms with Gasteiger partial charge in [-0.3, -0.25) is 0 Å². The SMILES string of the molecule is CCCC1(N)CN(S(=O)(=O)N2CCCCC2)C1. The molecule has 0 radical (unpaired) electrons. The van der Waals surface area contributed by atoms with Gasteiger partial charge in [-0.15, -0.1) is 0 Å². The molecule has 2 fully saturated rings. The van der Waals surface area contributed by atoms with Crippen LogP contribution in [0.4, 0.5) is 0 Å². The van der Waals surface area contributed by atoms with E-state index in [0.29, 0.717) is 26.2 Å². The van der Waals surface area contributed by atoms with Gasteiger partial charge in [0.25, 0.3) is 10.2 Å². The Morgan fingerprint density at radius 1 is 1.12 bits per heavy atom. The first-order chi connectivity index (χ1) is 7.98. The van der Waals surface area contributed by atoms with E-state index < -0.39 is 10.2 Å². The highest BCUT2D eigenvalue weighted by atomic mass is 32.2. The molecule has 2 aliphatic rings. The molecule has 0 bridgehead atoms. The van der Waals surface area contributed by atoms with Crippen molar-refractivity contribution >= 4 is 10.2 Å². The molecule has 0 unspecified atom stereocenters. The lowest BCUT2D eigenvalue weighted by atomic mass is 9.89. The minimum Gasteiger partial charge on any atom is -0.323 e. The maximum absolute atomic E-state index is 12.3. The highest BCUT2D eigenvalue weighted by Gasteiger charge is 2.46. The Balaban J connectivity index is 1.95. The van der Waals surface area contributed by atoms with Gasteiger partial charge in [0, 0.05) is 31.7 Å². The molecule has 0 saturated carbocycles. The second kappa shape index (κ2) is 4.84. The van der Waals surface area contributed by atoms with Crippen LogP contribution in [0.1, 0.15) is 39.0 Å². The van der Waals surface area contributed by atoms with Crippen LogP contribution in [-0.2, 0) is 10.2 Å². The molecule has 17 heavy (non-hydrogen) atoms. The minimum absolute atomic E-state index is 0.280. The molecule has 2 saturated heterocycles. The molecule has 0 aromatic rings. The average molecular weight is 261 g/mol. The number of piperidine rings is 1. The van der Waals surface area contributed by atoms with E-state index in [0.717, 1.165) is 32.1 Å². The first-order valence-electron chi connectivity index (χ1n) is 6.52. The van der Waals surface area contributed by atoms with Crippen molar-refractivity contribution in [2.75, 3.05) is 26.2 Å². The molecule has 6 heteroatoms. The monoisotopic (exact) mass is 261 g/mol. The van der Waals surface area contributed by atoms with E-state index in [-0.39, 0.29) is 5.54 Å². The third-order valence-electron chi connectivity index (χ3n) is 3.70. The van der Waals surface area contributed by atoms with Crippen molar-refractivity contribution in [3.8, 4) is 0 Å². The topological polar surface area (TPSA) is 66.6 Å². The van der Waals surface area contributed by atoms with Crippen LogP contribution < -0.4 is 5.73 Å². The van der Waals surface area contributed by atoms with Crippen molar-refractivity contribution < 1.29 is 8.42 Å². The van der Waals surface area contributed by atoms with Crippen LogP contribution in [0, 0.1) is 0 Å². The lowest BCUT2D eigenvalue weighted by Crippen LogP contribution is -2.70. The summed E-state index contributed by atoms with van der Waals surface area (Å²) in [5.41, 5.74) is 5.83. The minimum atomic E-state index is -3.23. The fraction of sp³-hybridized carbons (Fsp3) is 1.00. The molecule has 2 N–H and O–H groups in total. The molecule has 2 aliphatic heterocycles. The summed E-state index contributed by atoms with van der Waals surface area (Å²) in [5, 5.41) is 0. The summed E-state index contributed by atoms with van der Waals surface area (Å²) in [7, 11) is -3.23. The van der Waals surface area contributed by atoms with E-state index in [4.69, 9.17) is 5.73 Å². The maximum Gasteiger partial charge on any atom is 0.282 e. The second-order valence-electron chi connectivity index (χ2n) is 5.35. The van der Waals surface area contributed by atoms with E-state index in [1.807, 2.05) is 0 Å². The molecule has 5 nitrogen and oxygen atoms in total.